The Labute approximate surface area is 71.4 Å². The summed E-state index contributed by atoms with van der Waals surface area (Å²) < 4.78 is 0. The van der Waals surface area contributed by atoms with Gasteiger partial charge in [0.2, 0.25) is 0 Å². The molecule has 1 aromatic carbocycles. The van der Waals surface area contributed by atoms with Crippen LogP contribution >= 0.6 is 11.6 Å². The van der Waals surface area contributed by atoms with Crippen molar-refractivity contribution >= 4 is 11.6 Å². The molecular formula is C9H10ClN. The summed E-state index contributed by atoms with van der Waals surface area (Å²) in [4.78, 5) is 0. The Balaban J connectivity index is 2.39. The Morgan fingerprint density at radius 3 is 2.82 bits per heavy atom. The van der Waals surface area contributed by atoms with Crippen molar-refractivity contribution in [2.75, 3.05) is 6.54 Å². The molecule has 0 saturated carbocycles. The smallest absolute Gasteiger partial charge is 0.0450 e. The lowest BCUT2D eigenvalue weighted by atomic mass is 10.1. The summed E-state index contributed by atoms with van der Waals surface area (Å²) in [5, 5.41) is 4.09. The zero-order chi connectivity index (χ0) is 7.84. The van der Waals surface area contributed by atoms with Crippen molar-refractivity contribution in [2.45, 2.75) is 13.0 Å². The lowest BCUT2D eigenvalue weighted by Gasteiger charge is -2.01. The van der Waals surface area contributed by atoms with Crippen molar-refractivity contribution in [1.29, 1.82) is 0 Å². The van der Waals surface area contributed by atoms with E-state index in [-0.39, 0.29) is 0 Å². The molecule has 1 unspecified atom stereocenters. The number of aryl methyl sites for hydroxylation is 1. The SMILES string of the molecule is Cc1cc(Cl)ccc1C1CN1. The molecule has 1 aliphatic rings. The van der Waals surface area contributed by atoms with Crippen LogP contribution < -0.4 is 5.32 Å². The van der Waals surface area contributed by atoms with Crippen LogP contribution in [-0.2, 0) is 0 Å². The van der Waals surface area contributed by atoms with Crippen molar-refractivity contribution in [1.82, 2.24) is 5.32 Å². The first-order valence-electron chi connectivity index (χ1n) is 3.77. The summed E-state index contributed by atoms with van der Waals surface area (Å²) in [7, 11) is 0. The zero-order valence-electron chi connectivity index (χ0n) is 6.39. The molecule has 1 aliphatic heterocycles. The molecule has 2 heteroatoms. The Morgan fingerprint density at radius 1 is 1.55 bits per heavy atom. The van der Waals surface area contributed by atoms with Gasteiger partial charge >= 0.3 is 0 Å². The second-order valence-corrected chi connectivity index (χ2v) is 3.40. The predicted molar refractivity (Wildman–Crippen MR) is 46.9 cm³/mol. The van der Waals surface area contributed by atoms with Crippen LogP contribution in [0.15, 0.2) is 18.2 Å². The summed E-state index contributed by atoms with van der Waals surface area (Å²) in [6.07, 6.45) is 0. The molecule has 1 fully saturated rings. The topological polar surface area (TPSA) is 21.9 Å². The third-order valence-corrected chi connectivity index (χ3v) is 2.25. The van der Waals surface area contributed by atoms with Crippen LogP contribution in [-0.4, -0.2) is 6.54 Å². The van der Waals surface area contributed by atoms with E-state index < -0.39 is 0 Å². The molecule has 1 heterocycles. The van der Waals surface area contributed by atoms with Crippen LogP contribution in [0.3, 0.4) is 0 Å². The van der Waals surface area contributed by atoms with Gasteiger partial charge < -0.3 is 5.32 Å². The highest BCUT2D eigenvalue weighted by Gasteiger charge is 2.23. The van der Waals surface area contributed by atoms with E-state index in [1.807, 2.05) is 12.1 Å². The van der Waals surface area contributed by atoms with Gasteiger partial charge in [-0.1, -0.05) is 17.7 Å². The molecule has 0 radical (unpaired) electrons. The van der Waals surface area contributed by atoms with E-state index in [1.54, 1.807) is 0 Å². The summed E-state index contributed by atoms with van der Waals surface area (Å²) in [5.74, 6) is 0. The Morgan fingerprint density at radius 2 is 2.27 bits per heavy atom. The first kappa shape index (κ1) is 7.14. The molecule has 0 aromatic heterocycles. The van der Waals surface area contributed by atoms with Crippen LogP contribution in [0.1, 0.15) is 17.2 Å². The normalized spacial score (nSPS) is 21.8. The first-order valence-corrected chi connectivity index (χ1v) is 4.14. The van der Waals surface area contributed by atoms with E-state index in [4.69, 9.17) is 11.6 Å². The number of benzene rings is 1. The highest BCUT2D eigenvalue weighted by atomic mass is 35.5. The minimum Gasteiger partial charge on any atom is -0.307 e. The zero-order valence-corrected chi connectivity index (χ0v) is 7.15. The van der Waals surface area contributed by atoms with Crippen LogP contribution in [0, 0.1) is 6.92 Å². The lowest BCUT2D eigenvalue weighted by molar-refractivity contribution is 1.06. The fraction of sp³-hybridized carbons (Fsp3) is 0.333. The third-order valence-electron chi connectivity index (χ3n) is 2.02. The molecule has 58 valence electrons. The number of halogens is 1. The van der Waals surface area contributed by atoms with Gasteiger partial charge in [-0.3, -0.25) is 0 Å². The highest BCUT2D eigenvalue weighted by molar-refractivity contribution is 6.30. The van der Waals surface area contributed by atoms with E-state index >= 15 is 0 Å². The molecular weight excluding hydrogens is 158 g/mol. The quantitative estimate of drug-likeness (QED) is 0.637. The molecule has 1 nitrogen and oxygen atoms in total. The average molecular weight is 168 g/mol. The van der Waals surface area contributed by atoms with E-state index in [9.17, 15) is 0 Å². The maximum Gasteiger partial charge on any atom is 0.0450 e. The maximum absolute atomic E-state index is 5.82. The second kappa shape index (κ2) is 2.50. The van der Waals surface area contributed by atoms with Gasteiger partial charge in [-0.25, -0.2) is 0 Å². The summed E-state index contributed by atoms with van der Waals surface area (Å²) in [5.41, 5.74) is 2.67. The number of nitrogens with one attached hydrogen (secondary N) is 1. The van der Waals surface area contributed by atoms with Crippen LogP contribution in [0.2, 0.25) is 5.02 Å². The van der Waals surface area contributed by atoms with Crippen LogP contribution in [0.4, 0.5) is 0 Å². The maximum atomic E-state index is 5.82. The van der Waals surface area contributed by atoms with Crippen molar-refractivity contribution in [3.05, 3.63) is 34.3 Å². The van der Waals surface area contributed by atoms with Gasteiger partial charge in [-0.2, -0.15) is 0 Å². The van der Waals surface area contributed by atoms with E-state index in [0.29, 0.717) is 6.04 Å². The first-order chi connectivity index (χ1) is 5.27. The minimum atomic E-state index is 0.590. The molecule has 0 amide bonds. The van der Waals surface area contributed by atoms with E-state index in [2.05, 4.69) is 18.3 Å². The lowest BCUT2D eigenvalue weighted by Crippen LogP contribution is -1.88. The predicted octanol–water partition coefficient (Wildman–Crippen LogP) is 2.29. The minimum absolute atomic E-state index is 0.590. The third kappa shape index (κ3) is 1.39. The van der Waals surface area contributed by atoms with Gasteiger partial charge in [0.25, 0.3) is 0 Å². The van der Waals surface area contributed by atoms with Gasteiger partial charge in [-0.15, -0.1) is 0 Å². The molecule has 1 N–H and O–H groups in total. The molecule has 0 aliphatic carbocycles. The van der Waals surface area contributed by atoms with Gasteiger partial charge in [-0.05, 0) is 30.2 Å². The van der Waals surface area contributed by atoms with Crippen LogP contribution in [0.25, 0.3) is 0 Å². The molecule has 11 heavy (non-hydrogen) atoms. The molecule has 2 rings (SSSR count). The average Bonchev–Trinajstić information content (AvgIpc) is 2.70. The summed E-state index contributed by atoms with van der Waals surface area (Å²) >= 11 is 5.82. The van der Waals surface area contributed by atoms with Gasteiger partial charge in [0, 0.05) is 17.6 Å². The van der Waals surface area contributed by atoms with Crippen molar-refractivity contribution in [3.63, 3.8) is 0 Å². The number of rotatable bonds is 1. The Bertz CT molecular complexity index is 279. The molecule has 1 atom stereocenters. The molecule has 1 saturated heterocycles. The van der Waals surface area contributed by atoms with Crippen LogP contribution in [0.5, 0.6) is 0 Å². The Kier molecular flexibility index (Phi) is 1.63. The van der Waals surface area contributed by atoms with Gasteiger partial charge in [0.15, 0.2) is 0 Å². The largest absolute Gasteiger partial charge is 0.307 e. The highest BCUT2D eigenvalue weighted by Crippen LogP contribution is 2.26. The summed E-state index contributed by atoms with van der Waals surface area (Å²) in [6.45, 7) is 3.21. The van der Waals surface area contributed by atoms with Gasteiger partial charge in [0.05, 0.1) is 0 Å². The fourth-order valence-electron chi connectivity index (χ4n) is 1.31. The standard InChI is InChI=1S/C9H10ClN/c1-6-4-7(10)2-3-8(6)9-5-11-9/h2-4,9,11H,5H2,1H3. The molecule has 1 aromatic rings. The summed E-state index contributed by atoms with van der Waals surface area (Å²) in [6, 6.07) is 6.65. The molecule has 0 spiro atoms. The monoisotopic (exact) mass is 167 g/mol. The van der Waals surface area contributed by atoms with E-state index in [1.165, 1.54) is 11.1 Å². The van der Waals surface area contributed by atoms with Crippen molar-refractivity contribution in [3.8, 4) is 0 Å². The van der Waals surface area contributed by atoms with Crippen molar-refractivity contribution in [2.24, 2.45) is 0 Å². The van der Waals surface area contributed by atoms with Crippen molar-refractivity contribution < 1.29 is 0 Å². The number of hydrogen-bond acceptors (Lipinski definition) is 1. The Hall–Kier alpha value is -0.530. The number of hydrogen-bond donors (Lipinski definition) is 1. The fourth-order valence-corrected chi connectivity index (χ4v) is 1.54. The van der Waals surface area contributed by atoms with E-state index in [0.717, 1.165) is 11.6 Å². The second-order valence-electron chi connectivity index (χ2n) is 2.96. The molecule has 0 bridgehead atoms. The van der Waals surface area contributed by atoms with Gasteiger partial charge in [0.1, 0.15) is 0 Å².